The van der Waals surface area contributed by atoms with Crippen LogP contribution in [0.15, 0.2) is 29.8 Å². The molecule has 0 atom stereocenters. The number of carbonyl (C=O) groups is 1. The van der Waals surface area contributed by atoms with Crippen LogP contribution >= 0.6 is 22.9 Å². The van der Waals surface area contributed by atoms with E-state index in [2.05, 4.69) is 4.98 Å². The molecule has 0 bridgehead atoms. The predicted octanol–water partition coefficient (Wildman–Crippen LogP) is 5.08. The molecule has 4 nitrogen and oxygen atoms in total. The van der Waals surface area contributed by atoms with Gasteiger partial charge in [-0.05, 0) is 37.3 Å². The molecule has 2 aromatic rings. The Balaban J connectivity index is 1.61. The Labute approximate surface area is 170 Å². The van der Waals surface area contributed by atoms with Gasteiger partial charge >= 0.3 is 6.18 Å². The molecular formula is C19H21ClF3N3OS. The van der Waals surface area contributed by atoms with Crippen molar-refractivity contribution in [3.05, 3.63) is 45.2 Å². The van der Waals surface area contributed by atoms with Crippen LogP contribution in [0.1, 0.15) is 30.2 Å². The Kier molecular flexibility index (Phi) is 6.50. The lowest BCUT2D eigenvalue weighted by Crippen LogP contribution is -2.42. The molecule has 152 valence electrons. The number of hydrogen-bond acceptors (Lipinski definition) is 4. The van der Waals surface area contributed by atoms with Crippen LogP contribution in [0.4, 0.5) is 19.0 Å². The number of carbonyl (C=O) groups excluding carboxylic acids is 1. The van der Waals surface area contributed by atoms with E-state index in [1.165, 1.54) is 0 Å². The first-order valence-electron chi connectivity index (χ1n) is 9.08. The van der Waals surface area contributed by atoms with Crippen molar-refractivity contribution in [1.82, 2.24) is 9.88 Å². The minimum atomic E-state index is -4.47. The van der Waals surface area contributed by atoms with E-state index in [0.29, 0.717) is 44.8 Å². The lowest BCUT2D eigenvalue weighted by Gasteiger charge is -2.35. The van der Waals surface area contributed by atoms with Crippen LogP contribution in [0.2, 0.25) is 5.02 Å². The summed E-state index contributed by atoms with van der Waals surface area (Å²) < 4.78 is 38.3. The fraction of sp³-hybridized carbons (Fsp3) is 0.474. The number of nitrogens with zero attached hydrogens (tertiary/aromatic N) is 3. The zero-order chi connectivity index (χ0) is 20.3. The second kappa shape index (κ2) is 8.69. The second-order valence-electron chi connectivity index (χ2n) is 6.72. The van der Waals surface area contributed by atoms with Crippen LogP contribution in [-0.2, 0) is 17.5 Å². The average molecular weight is 432 g/mol. The lowest BCUT2D eigenvalue weighted by atomic mass is 9.95. The van der Waals surface area contributed by atoms with Crippen molar-refractivity contribution < 1.29 is 18.0 Å². The number of alkyl halides is 3. The van der Waals surface area contributed by atoms with E-state index < -0.39 is 11.7 Å². The van der Waals surface area contributed by atoms with Crippen molar-refractivity contribution in [2.24, 2.45) is 5.92 Å². The van der Waals surface area contributed by atoms with E-state index >= 15 is 0 Å². The Morgan fingerprint density at radius 2 is 2.11 bits per heavy atom. The maximum Gasteiger partial charge on any atom is 0.417 e. The van der Waals surface area contributed by atoms with E-state index in [1.54, 1.807) is 11.3 Å². The molecule has 1 aliphatic rings. The third-order valence-corrected chi connectivity index (χ3v) is 6.05. The van der Waals surface area contributed by atoms with Gasteiger partial charge in [-0.15, -0.1) is 11.3 Å². The molecule has 3 rings (SSSR count). The molecule has 1 saturated heterocycles. The summed E-state index contributed by atoms with van der Waals surface area (Å²) in [5.41, 5.74) is -0.863. The van der Waals surface area contributed by atoms with Gasteiger partial charge in [0.2, 0.25) is 5.91 Å². The first-order chi connectivity index (χ1) is 13.3. The van der Waals surface area contributed by atoms with Crippen molar-refractivity contribution in [2.75, 3.05) is 24.5 Å². The Morgan fingerprint density at radius 3 is 2.64 bits per heavy atom. The van der Waals surface area contributed by atoms with E-state index in [4.69, 9.17) is 11.6 Å². The molecule has 9 heteroatoms. The fourth-order valence-electron chi connectivity index (χ4n) is 3.35. The van der Waals surface area contributed by atoms with Gasteiger partial charge in [0.05, 0.1) is 17.1 Å². The number of halogens is 4. The molecule has 0 spiro atoms. The maximum absolute atomic E-state index is 12.9. The van der Waals surface area contributed by atoms with Crippen LogP contribution in [0.5, 0.6) is 0 Å². The summed E-state index contributed by atoms with van der Waals surface area (Å²) in [5, 5.41) is 1.97. The van der Waals surface area contributed by atoms with Crippen molar-refractivity contribution >= 4 is 34.7 Å². The number of anilines is 1. The SMILES string of the molecule is CCN(Cc1cccs1)C(=O)C1CCN(c2ncc(C(F)(F)F)cc2Cl)CC1. The van der Waals surface area contributed by atoms with Gasteiger partial charge in [-0.25, -0.2) is 4.98 Å². The molecule has 1 aliphatic heterocycles. The summed E-state index contributed by atoms with van der Waals surface area (Å²) in [6, 6.07) is 4.89. The Bertz CT molecular complexity index is 805. The lowest BCUT2D eigenvalue weighted by molar-refractivity contribution is -0.138. The van der Waals surface area contributed by atoms with Gasteiger partial charge in [-0.3, -0.25) is 4.79 Å². The van der Waals surface area contributed by atoms with Crippen molar-refractivity contribution in [1.29, 1.82) is 0 Å². The summed E-state index contributed by atoms with van der Waals surface area (Å²) in [6.07, 6.45) is -2.42. The molecule has 0 saturated carbocycles. The highest BCUT2D eigenvalue weighted by molar-refractivity contribution is 7.09. The first-order valence-corrected chi connectivity index (χ1v) is 10.3. The molecule has 1 fully saturated rings. The van der Waals surface area contributed by atoms with Crippen molar-refractivity contribution in [3.8, 4) is 0 Å². The van der Waals surface area contributed by atoms with Gasteiger partial charge in [0.25, 0.3) is 0 Å². The van der Waals surface area contributed by atoms with Gasteiger partial charge in [-0.2, -0.15) is 13.2 Å². The summed E-state index contributed by atoms with van der Waals surface area (Å²) in [7, 11) is 0. The Hall–Kier alpha value is -1.80. The highest BCUT2D eigenvalue weighted by Crippen LogP contribution is 2.35. The standard InChI is InChI=1S/C19H21ClF3N3OS/c1-2-25(12-15-4-3-9-28-15)18(27)13-5-7-26(8-6-13)17-16(20)10-14(11-24-17)19(21,22)23/h3-4,9-11,13H,2,5-8,12H2,1H3. The number of pyridine rings is 1. The van der Waals surface area contributed by atoms with E-state index in [1.807, 2.05) is 34.2 Å². The number of rotatable bonds is 5. The quantitative estimate of drug-likeness (QED) is 0.662. The predicted molar refractivity (Wildman–Crippen MR) is 105 cm³/mol. The molecular weight excluding hydrogens is 411 g/mol. The monoisotopic (exact) mass is 431 g/mol. The fourth-order valence-corrected chi connectivity index (χ4v) is 4.36. The van der Waals surface area contributed by atoms with Gasteiger partial charge in [0, 0.05) is 36.6 Å². The van der Waals surface area contributed by atoms with Crippen LogP contribution in [-0.4, -0.2) is 35.4 Å². The molecule has 3 heterocycles. The third kappa shape index (κ3) is 4.78. The van der Waals surface area contributed by atoms with Gasteiger partial charge in [0.1, 0.15) is 5.82 Å². The van der Waals surface area contributed by atoms with Gasteiger partial charge in [-0.1, -0.05) is 17.7 Å². The summed E-state index contributed by atoms with van der Waals surface area (Å²) >= 11 is 7.67. The minimum absolute atomic E-state index is 0.0209. The number of aromatic nitrogens is 1. The number of hydrogen-bond donors (Lipinski definition) is 0. The van der Waals surface area contributed by atoms with Crippen LogP contribution < -0.4 is 4.90 Å². The molecule has 0 aromatic carbocycles. The van der Waals surface area contributed by atoms with Gasteiger partial charge in [0.15, 0.2) is 0 Å². The molecule has 0 unspecified atom stereocenters. The highest BCUT2D eigenvalue weighted by Gasteiger charge is 2.33. The van der Waals surface area contributed by atoms with E-state index in [0.717, 1.165) is 17.1 Å². The zero-order valence-corrected chi connectivity index (χ0v) is 16.9. The largest absolute Gasteiger partial charge is 0.417 e. The summed E-state index contributed by atoms with van der Waals surface area (Å²) in [4.78, 5) is 21.6. The van der Waals surface area contributed by atoms with E-state index in [-0.39, 0.29) is 16.8 Å². The normalized spacial score (nSPS) is 15.7. The Morgan fingerprint density at radius 1 is 1.39 bits per heavy atom. The molecule has 1 amide bonds. The summed E-state index contributed by atoms with van der Waals surface area (Å²) in [6.45, 7) is 4.28. The average Bonchev–Trinajstić information content (AvgIpc) is 3.18. The number of thiophene rings is 1. The topological polar surface area (TPSA) is 36.4 Å². The van der Waals surface area contributed by atoms with Gasteiger partial charge < -0.3 is 9.80 Å². The third-order valence-electron chi connectivity index (χ3n) is 4.91. The highest BCUT2D eigenvalue weighted by atomic mass is 35.5. The minimum Gasteiger partial charge on any atom is -0.355 e. The maximum atomic E-state index is 12.9. The van der Waals surface area contributed by atoms with E-state index in [9.17, 15) is 18.0 Å². The molecule has 28 heavy (non-hydrogen) atoms. The number of amides is 1. The smallest absolute Gasteiger partial charge is 0.355 e. The first kappa shape index (κ1) is 20.9. The van der Waals surface area contributed by atoms with Crippen LogP contribution in [0, 0.1) is 5.92 Å². The van der Waals surface area contributed by atoms with Crippen LogP contribution in [0.3, 0.4) is 0 Å². The van der Waals surface area contributed by atoms with Crippen molar-refractivity contribution in [2.45, 2.75) is 32.5 Å². The molecule has 0 aliphatic carbocycles. The molecule has 0 radical (unpaired) electrons. The number of piperidine rings is 1. The molecule has 2 aromatic heterocycles. The second-order valence-corrected chi connectivity index (χ2v) is 8.16. The van der Waals surface area contributed by atoms with Crippen molar-refractivity contribution in [3.63, 3.8) is 0 Å². The van der Waals surface area contributed by atoms with Crippen LogP contribution in [0.25, 0.3) is 0 Å². The summed E-state index contributed by atoms with van der Waals surface area (Å²) in [5.74, 6) is 0.373. The zero-order valence-electron chi connectivity index (χ0n) is 15.4. The molecule has 0 N–H and O–H groups in total.